The van der Waals surface area contributed by atoms with Crippen molar-refractivity contribution in [3.05, 3.63) is 28.2 Å². The molecular weight excluding hydrogens is 381 g/mol. The first-order chi connectivity index (χ1) is 13.1. The smallest absolute Gasteiger partial charge is 0.222 e. The molecule has 154 valence electrons. The van der Waals surface area contributed by atoms with E-state index in [4.69, 9.17) is 27.9 Å². The summed E-state index contributed by atoms with van der Waals surface area (Å²) in [6.07, 6.45) is 10.7. The van der Waals surface area contributed by atoms with Crippen molar-refractivity contribution >= 4 is 29.1 Å². The number of hydrogen-bond acceptors (Lipinski definition) is 2. The van der Waals surface area contributed by atoms with Crippen LogP contribution in [0.15, 0.2) is 18.2 Å². The van der Waals surface area contributed by atoms with Crippen LogP contribution in [0.3, 0.4) is 0 Å². The van der Waals surface area contributed by atoms with E-state index in [0.29, 0.717) is 35.2 Å². The van der Waals surface area contributed by atoms with Crippen molar-refractivity contribution < 1.29 is 9.53 Å². The summed E-state index contributed by atoms with van der Waals surface area (Å²) in [5.41, 5.74) is 0. The number of hydrogen-bond donors (Lipinski definition) is 0. The van der Waals surface area contributed by atoms with Gasteiger partial charge in [0.2, 0.25) is 5.91 Å². The van der Waals surface area contributed by atoms with E-state index in [1.807, 2.05) is 0 Å². The fraction of sp³-hybridized carbons (Fsp3) is 0.682. The largest absolute Gasteiger partial charge is 0.492 e. The molecule has 1 amide bonds. The third-order valence-corrected chi connectivity index (χ3v) is 5.13. The van der Waals surface area contributed by atoms with E-state index in [0.717, 1.165) is 25.9 Å². The molecule has 0 atom stereocenters. The molecule has 0 unspecified atom stereocenters. The Morgan fingerprint density at radius 1 is 0.926 bits per heavy atom. The molecule has 0 fully saturated rings. The van der Waals surface area contributed by atoms with Crippen molar-refractivity contribution in [3.8, 4) is 5.75 Å². The Morgan fingerprint density at radius 2 is 1.56 bits per heavy atom. The van der Waals surface area contributed by atoms with E-state index in [1.165, 1.54) is 38.5 Å². The summed E-state index contributed by atoms with van der Waals surface area (Å²) in [5, 5.41) is 1.09. The minimum atomic E-state index is 0.244. The fourth-order valence-corrected chi connectivity index (χ4v) is 3.44. The molecule has 0 spiro atoms. The topological polar surface area (TPSA) is 29.5 Å². The lowest BCUT2D eigenvalue weighted by atomic mass is 10.1. The number of benzene rings is 1. The van der Waals surface area contributed by atoms with Gasteiger partial charge in [0.1, 0.15) is 5.75 Å². The Morgan fingerprint density at radius 3 is 2.11 bits per heavy atom. The second kappa shape index (κ2) is 15.0. The van der Waals surface area contributed by atoms with Crippen molar-refractivity contribution in [3.63, 3.8) is 0 Å². The van der Waals surface area contributed by atoms with Crippen molar-refractivity contribution in [2.24, 2.45) is 0 Å². The standard InChI is InChI=1S/C22H35Cl2NO2/c1-3-5-7-9-15-25(16-10-8-6-4-2)22(26)12-11-17-27-21-14-13-19(23)18-20(21)24/h13-14,18H,3-12,15-17H2,1-2H3. The quantitative estimate of drug-likeness (QED) is 0.284. The first-order valence-electron chi connectivity index (χ1n) is 10.4. The van der Waals surface area contributed by atoms with E-state index >= 15 is 0 Å². The van der Waals surface area contributed by atoms with Crippen LogP contribution in [0.1, 0.15) is 78.1 Å². The number of carbonyl (C=O) groups excluding carboxylic acids is 1. The molecule has 0 aliphatic carbocycles. The SMILES string of the molecule is CCCCCCN(CCCCCC)C(=O)CCCOc1ccc(Cl)cc1Cl. The zero-order chi connectivity index (χ0) is 19.9. The molecule has 3 nitrogen and oxygen atoms in total. The number of halogens is 2. The highest BCUT2D eigenvalue weighted by Crippen LogP contribution is 2.27. The lowest BCUT2D eigenvalue weighted by Crippen LogP contribution is -2.33. The average molecular weight is 416 g/mol. The average Bonchev–Trinajstić information content (AvgIpc) is 2.65. The summed E-state index contributed by atoms with van der Waals surface area (Å²) in [5.74, 6) is 0.860. The van der Waals surface area contributed by atoms with Crippen LogP contribution < -0.4 is 4.74 Å². The molecular formula is C22H35Cl2NO2. The minimum absolute atomic E-state index is 0.244. The van der Waals surface area contributed by atoms with Gasteiger partial charge in [0.05, 0.1) is 11.6 Å². The van der Waals surface area contributed by atoms with Gasteiger partial charge >= 0.3 is 0 Å². The third-order valence-electron chi connectivity index (χ3n) is 4.60. The number of rotatable bonds is 15. The summed E-state index contributed by atoms with van der Waals surface area (Å²) in [6, 6.07) is 5.18. The zero-order valence-electron chi connectivity index (χ0n) is 16.9. The predicted octanol–water partition coefficient (Wildman–Crippen LogP) is 7.14. The van der Waals surface area contributed by atoms with E-state index in [-0.39, 0.29) is 5.91 Å². The predicted molar refractivity (Wildman–Crippen MR) is 116 cm³/mol. The number of carbonyl (C=O) groups is 1. The van der Waals surface area contributed by atoms with Gasteiger partial charge in [-0.05, 0) is 37.5 Å². The van der Waals surface area contributed by atoms with Gasteiger partial charge in [0, 0.05) is 24.5 Å². The number of amides is 1. The van der Waals surface area contributed by atoms with Crippen LogP contribution in [0.2, 0.25) is 10.0 Å². The highest BCUT2D eigenvalue weighted by atomic mass is 35.5. The van der Waals surface area contributed by atoms with Gasteiger partial charge in [-0.2, -0.15) is 0 Å². The first-order valence-corrected chi connectivity index (χ1v) is 11.2. The third kappa shape index (κ3) is 10.8. The Kier molecular flexibility index (Phi) is 13.4. The van der Waals surface area contributed by atoms with Crippen molar-refractivity contribution in [1.82, 2.24) is 4.90 Å². The van der Waals surface area contributed by atoms with Gasteiger partial charge in [-0.1, -0.05) is 75.6 Å². The number of ether oxygens (including phenoxy) is 1. The summed E-state index contributed by atoms with van der Waals surface area (Å²) < 4.78 is 5.69. The van der Waals surface area contributed by atoms with Crippen LogP contribution in [0.5, 0.6) is 5.75 Å². The molecule has 0 N–H and O–H groups in total. The molecule has 1 aromatic carbocycles. The van der Waals surface area contributed by atoms with Gasteiger partial charge in [0.25, 0.3) is 0 Å². The summed E-state index contributed by atoms with van der Waals surface area (Å²) in [7, 11) is 0. The van der Waals surface area contributed by atoms with Gasteiger partial charge in [-0.25, -0.2) is 0 Å². The van der Waals surface area contributed by atoms with Crippen LogP contribution in [0, 0.1) is 0 Å². The minimum Gasteiger partial charge on any atom is -0.492 e. The van der Waals surface area contributed by atoms with Crippen LogP contribution in [0.4, 0.5) is 0 Å². The Labute approximate surface area is 175 Å². The summed E-state index contributed by atoms with van der Waals surface area (Å²) in [4.78, 5) is 14.7. The number of unbranched alkanes of at least 4 members (excludes halogenated alkanes) is 6. The second-order valence-electron chi connectivity index (χ2n) is 7.03. The fourth-order valence-electron chi connectivity index (χ4n) is 2.98. The van der Waals surface area contributed by atoms with Crippen molar-refractivity contribution in [1.29, 1.82) is 0 Å². The van der Waals surface area contributed by atoms with E-state index < -0.39 is 0 Å². The maximum atomic E-state index is 12.6. The van der Waals surface area contributed by atoms with Crippen molar-refractivity contribution in [2.45, 2.75) is 78.1 Å². The second-order valence-corrected chi connectivity index (χ2v) is 7.87. The van der Waals surface area contributed by atoms with E-state index in [2.05, 4.69) is 18.7 Å². The van der Waals surface area contributed by atoms with Crippen LogP contribution in [0.25, 0.3) is 0 Å². The molecule has 0 aliphatic rings. The molecule has 0 saturated heterocycles. The molecule has 0 bridgehead atoms. The van der Waals surface area contributed by atoms with Crippen LogP contribution in [-0.4, -0.2) is 30.5 Å². The molecule has 1 rings (SSSR count). The maximum Gasteiger partial charge on any atom is 0.222 e. The number of nitrogens with zero attached hydrogens (tertiary/aromatic N) is 1. The highest BCUT2D eigenvalue weighted by molar-refractivity contribution is 6.35. The van der Waals surface area contributed by atoms with E-state index in [1.54, 1.807) is 18.2 Å². The van der Waals surface area contributed by atoms with Gasteiger partial charge in [-0.15, -0.1) is 0 Å². The first kappa shape index (κ1) is 24.1. The monoisotopic (exact) mass is 415 g/mol. The Balaban J connectivity index is 2.36. The molecule has 27 heavy (non-hydrogen) atoms. The van der Waals surface area contributed by atoms with Crippen LogP contribution >= 0.6 is 23.2 Å². The lowest BCUT2D eigenvalue weighted by Gasteiger charge is -2.23. The van der Waals surface area contributed by atoms with Gasteiger partial charge in [-0.3, -0.25) is 4.79 Å². The molecule has 0 saturated carbocycles. The molecule has 0 heterocycles. The van der Waals surface area contributed by atoms with E-state index in [9.17, 15) is 4.79 Å². The molecule has 5 heteroatoms. The van der Waals surface area contributed by atoms with Gasteiger partial charge < -0.3 is 9.64 Å². The Bertz CT molecular complexity index is 525. The maximum absolute atomic E-state index is 12.6. The molecule has 0 aliphatic heterocycles. The highest BCUT2D eigenvalue weighted by Gasteiger charge is 2.13. The molecule has 1 aromatic rings. The Hall–Kier alpha value is -0.930. The lowest BCUT2D eigenvalue weighted by molar-refractivity contribution is -0.131. The molecule has 0 radical (unpaired) electrons. The van der Waals surface area contributed by atoms with Gasteiger partial charge in [0.15, 0.2) is 0 Å². The summed E-state index contributed by atoms with van der Waals surface area (Å²) >= 11 is 12.0. The molecule has 0 aromatic heterocycles. The van der Waals surface area contributed by atoms with Crippen LogP contribution in [-0.2, 0) is 4.79 Å². The summed E-state index contributed by atoms with van der Waals surface area (Å²) in [6.45, 7) is 6.66. The zero-order valence-corrected chi connectivity index (χ0v) is 18.5. The van der Waals surface area contributed by atoms with Crippen molar-refractivity contribution in [2.75, 3.05) is 19.7 Å². The normalized spacial score (nSPS) is 10.8.